The van der Waals surface area contributed by atoms with Crippen LogP contribution in [-0.4, -0.2) is 26.3 Å². The molecule has 90 valence electrons. The molecule has 0 spiro atoms. The molecule has 0 unspecified atom stereocenters. The highest BCUT2D eigenvalue weighted by Crippen LogP contribution is 2.17. The first kappa shape index (κ1) is 13.6. The highest BCUT2D eigenvalue weighted by atomic mass is 79.9. The van der Waals surface area contributed by atoms with Crippen LogP contribution in [0.3, 0.4) is 0 Å². The van der Waals surface area contributed by atoms with Gasteiger partial charge in [-0.25, -0.2) is 4.72 Å². The molecule has 0 fully saturated rings. The summed E-state index contributed by atoms with van der Waals surface area (Å²) in [4.78, 5) is 0. The van der Waals surface area contributed by atoms with E-state index in [9.17, 15) is 8.42 Å². The van der Waals surface area contributed by atoms with Crippen molar-refractivity contribution in [3.63, 3.8) is 0 Å². The van der Waals surface area contributed by atoms with Gasteiger partial charge in [-0.05, 0) is 11.6 Å². The van der Waals surface area contributed by atoms with Crippen molar-refractivity contribution in [3.8, 4) is 0 Å². The largest absolute Gasteiger partial charge is 0.279 e. The van der Waals surface area contributed by atoms with Gasteiger partial charge in [0.2, 0.25) is 0 Å². The predicted molar refractivity (Wildman–Crippen MR) is 68.2 cm³/mol. The maximum atomic E-state index is 11.6. The number of hydrogen-bond donors (Lipinski definition) is 1. The summed E-state index contributed by atoms with van der Waals surface area (Å²) in [5, 5.41) is 0. The molecule has 0 saturated carbocycles. The van der Waals surface area contributed by atoms with Crippen LogP contribution in [0.2, 0.25) is 0 Å². The summed E-state index contributed by atoms with van der Waals surface area (Å²) >= 11 is 3.39. The standard InChI is InChI=1S/C10H15BrN2O2S/c1-3-12-16(14,15)13(2)8-9-6-4-5-7-10(9)11/h4-7,12H,3,8H2,1-2H3. The highest BCUT2D eigenvalue weighted by Gasteiger charge is 2.16. The van der Waals surface area contributed by atoms with Crippen molar-refractivity contribution >= 4 is 26.1 Å². The Labute approximate surface area is 105 Å². The summed E-state index contributed by atoms with van der Waals surface area (Å²) in [7, 11) is -1.81. The summed E-state index contributed by atoms with van der Waals surface area (Å²) in [6.07, 6.45) is 0. The van der Waals surface area contributed by atoms with Crippen molar-refractivity contribution in [2.24, 2.45) is 0 Å². The SMILES string of the molecule is CCNS(=O)(=O)N(C)Cc1ccccc1Br. The fourth-order valence-electron chi connectivity index (χ4n) is 1.24. The van der Waals surface area contributed by atoms with Crippen LogP contribution in [0.1, 0.15) is 12.5 Å². The number of benzene rings is 1. The maximum Gasteiger partial charge on any atom is 0.279 e. The minimum atomic E-state index is -3.36. The van der Waals surface area contributed by atoms with Gasteiger partial charge < -0.3 is 0 Å². The van der Waals surface area contributed by atoms with Gasteiger partial charge in [-0.15, -0.1) is 0 Å². The first-order valence-electron chi connectivity index (χ1n) is 4.91. The fraction of sp³-hybridized carbons (Fsp3) is 0.400. The lowest BCUT2D eigenvalue weighted by molar-refractivity contribution is 0.456. The zero-order valence-electron chi connectivity index (χ0n) is 9.27. The highest BCUT2D eigenvalue weighted by molar-refractivity contribution is 9.10. The van der Waals surface area contributed by atoms with Crippen LogP contribution in [0.25, 0.3) is 0 Å². The lowest BCUT2D eigenvalue weighted by atomic mass is 10.2. The molecule has 16 heavy (non-hydrogen) atoms. The quantitative estimate of drug-likeness (QED) is 0.901. The minimum absolute atomic E-state index is 0.344. The van der Waals surface area contributed by atoms with Gasteiger partial charge in [-0.1, -0.05) is 41.1 Å². The zero-order valence-corrected chi connectivity index (χ0v) is 11.7. The van der Waals surface area contributed by atoms with E-state index < -0.39 is 10.2 Å². The third-order valence-corrected chi connectivity index (χ3v) is 4.46. The topological polar surface area (TPSA) is 49.4 Å². The van der Waals surface area contributed by atoms with Crippen molar-refractivity contribution in [2.75, 3.05) is 13.6 Å². The third kappa shape index (κ3) is 3.55. The van der Waals surface area contributed by atoms with E-state index in [0.717, 1.165) is 10.0 Å². The summed E-state index contributed by atoms with van der Waals surface area (Å²) < 4.78 is 27.9. The Morgan fingerprint density at radius 3 is 2.56 bits per heavy atom. The predicted octanol–water partition coefficient (Wildman–Crippen LogP) is 1.74. The molecule has 6 heteroatoms. The molecule has 0 aliphatic rings. The molecular formula is C10H15BrN2O2S. The van der Waals surface area contributed by atoms with Crippen LogP contribution in [0.15, 0.2) is 28.7 Å². The van der Waals surface area contributed by atoms with Gasteiger partial charge in [-0.2, -0.15) is 12.7 Å². The molecule has 1 aromatic rings. The van der Waals surface area contributed by atoms with Crippen LogP contribution in [0.5, 0.6) is 0 Å². The number of halogens is 1. The molecule has 0 bridgehead atoms. The number of hydrogen-bond acceptors (Lipinski definition) is 2. The summed E-state index contributed by atoms with van der Waals surface area (Å²) in [5.41, 5.74) is 0.937. The Morgan fingerprint density at radius 2 is 2.00 bits per heavy atom. The second-order valence-corrected chi connectivity index (χ2v) is 6.07. The average Bonchev–Trinajstić information content (AvgIpc) is 2.21. The Morgan fingerprint density at radius 1 is 1.38 bits per heavy atom. The second-order valence-electron chi connectivity index (χ2n) is 3.35. The van der Waals surface area contributed by atoms with Crippen molar-refractivity contribution < 1.29 is 8.42 Å². The Hall–Kier alpha value is -0.430. The Bertz CT molecular complexity index is 448. The Kier molecular flexibility index (Phi) is 4.91. The van der Waals surface area contributed by atoms with Gasteiger partial charge in [0.1, 0.15) is 0 Å². The van der Waals surface area contributed by atoms with E-state index in [1.54, 1.807) is 14.0 Å². The van der Waals surface area contributed by atoms with Gasteiger partial charge in [0, 0.05) is 24.6 Å². The van der Waals surface area contributed by atoms with E-state index >= 15 is 0 Å². The molecule has 0 radical (unpaired) electrons. The van der Waals surface area contributed by atoms with Gasteiger partial charge in [0.15, 0.2) is 0 Å². The minimum Gasteiger partial charge on any atom is -0.202 e. The van der Waals surface area contributed by atoms with E-state index in [4.69, 9.17) is 0 Å². The molecule has 0 aliphatic carbocycles. The van der Waals surface area contributed by atoms with Gasteiger partial charge in [-0.3, -0.25) is 0 Å². The van der Waals surface area contributed by atoms with Crippen molar-refractivity contribution in [2.45, 2.75) is 13.5 Å². The Balaban J connectivity index is 2.79. The van der Waals surface area contributed by atoms with Crippen LogP contribution < -0.4 is 4.72 Å². The van der Waals surface area contributed by atoms with E-state index in [2.05, 4.69) is 20.7 Å². The molecule has 0 atom stereocenters. The van der Waals surface area contributed by atoms with E-state index in [1.165, 1.54) is 4.31 Å². The molecule has 1 N–H and O–H groups in total. The molecule has 0 aliphatic heterocycles. The van der Waals surface area contributed by atoms with Crippen molar-refractivity contribution in [1.29, 1.82) is 0 Å². The van der Waals surface area contributed by atoms with Gasteiger partial charge in [0.25, 0.3) is 10.2 Å². The molecule has 0 aromatic heterocycles. The van der Waals surface area contributed by atoms with Crippen LogP contribution in [0, 0.1) is 0 Å². The first-order chi connectivity index (χ1) is 7.47. The molecule has 0 amide bonds. The van der Waals surface area contributed by atoms with Gasteiger partial charge >= 0.3 is 0 Å². The van der Waals surface area contributed by atoms with Crippen LogP contribution >= 0.6 is 15.9 Å². The average molecular weight is 307 g/mol. The summed E-state index contributed by atoms with van der Waals surface area (Å²) in [6.45, 7) is 2.49. The summed E-state index contributed by atoms with van der Waals surface area (Å²) in [6, 6.07) is 7.56. The second kappa shape index (κ2) is 5.77. The molecule has 1 aromatic carbocycles. The zero-order chi connectivity index (χ0) is 12.2. The first-order valence-corrected chi connectivity index (χ1v) is 7.15. The lowest BCUT2D eigenvalue weighted by Crippen LogP contribution is -2.37. The summed E-state index contributed by atoms with van der Waals surface area (Å²) in [5.74, 6) is 0. The lowest BCUT2D eigenvalue weighted by Gasteiger charge is -2.17. The molecular weight excluding hydrogens is 292 g/mol. The normalized spacial score (nSPS) is 12.0. The third-order valence-electron chi connectivity index (χ3n) is 2.09. The maximum absolute atomic E-state index is 11.6. The van der Waals surface area contributed by atoms with Crippen molar-refractivity contribution in [3.05, 3.63) is 34.3 Å². The van der Waals surface area contributed by atoms with E-state index in [1.807, 2.05) is 24.3 Å². The van der Waals surface area contributed by atoms with E-state index in [0.29, 0.717) is 13.1 Å². The molecule has 4 nitrogen and oxygen atoms in total. The molecule has 0 saturated heterocycles. The van der Waals surface area contributed by atoms with E-state index in [-0.39, 0.29) is 0 Å². The van der Waals surface area contributed by atoms with Crippen LogP contribution in [0.4, 0.5) is 0 Å². The van der Waals surface area contributed by atoms with Gasteiger partial charge in [0.05, 0.1) is 0 Å². The number of nitrogens with one attached hydrogen (secondary N) is 1. The van der Waals surface area contributed by atoms with Crippen LogP contribution in [-0.2, 0) is 16.8 Å². The van der Waals surface area contributed by atoms with Crippen molar-refractivity contribution in [1.82, 2.24) is 9.03 Å². The monoisotopic (exact) mass is 306 g/mol. The fourth-order valence-corrected chi connectivity index (χ4v) is 2.55. The number of nitrogens with zero attached hydrogens (tertiary/aromatic N) is 1. The smallest absolute Gasteiger partial charge is 0.202 e. The molecule has 0 heterocycles. The number of rotatable bonds is 5. The molecule has 1 rings (SSSR count).